The molecule has 0 bridgehead atoms. The number of hydrogen-bond acceptors (Lipinski definition) is 6. The summed E-state index contributed by atoms with van der Waals surface area (Å²) in [5.74, 6) is 2.71. The number of nitrogens with one attached hydrogen (secondary N) is 1. The maximum Gasteiger partial charge on any atom is 0.156 e. The molecule has 0 amide bonds. The first kappa shape index (κ1) is 17.4. The number of ether oxygens (including phenoxy) is 2. The zero-order valence-corrected chi connectivity index (χ0v) is 15.6. The van der Waals surface area contributed by atoms with E-state index >= 15 is 0 Å². The van der Waals surface area contributed by atoms with Crippen LogP contribution in [0, 0.1) is 6.92 Å². The second kappa shape index (κ2) is 7.72. The second-order valence-electron chi connectivity index (χ2n) is 7.29. The first-order chi connectivity index (χ1) is 12.7. The van der Waals surface area contributed by atoms with E-state index < -0.39 is 0 Å². The van der Waals surface area contributed by atoms with Crippen LogP contribution in [0.3, 0.4) is 0 Å². The summed E-state index contributed by atoms with van der Waals surface area (Å²) in [4.78, 5) is 11.8. The molecule has 2 saturated heterocycles. The van der Waals surface area contributed by atoms with Gasteiger partial charge >= 0.3 is 0 Å². The second-order valence-corrected chi connectivity index (χ2v) is 7.29. The quantitative estimate of drug-likeness (QED) is 0.886. The van der Waals surface area contributed by atoms with E-state index in [-0.39, 0.29) is 0 Å². The van der Waals surface area contributed by atoms with Crippen molar-refractivity contribution in [3.63, 3.8) is 0 Å². The molecule has 2 aromatic rings. The molecule has 4 rings (SSSR count). The van der Waals surface area contributed by atoms with Gasteiger partial charge in [0.05, 0.1) is 18.5 Å². The predicted molar refractivity (Wildman–Crippen MR) is 98.4 cm³/mol. The molecule has 1 N–H and O–H groups in total. The highest BCUT2D eigenvalue weighted by atomic mass is 16.5. The SMILES string of the molecule is COCc1nc([C@H]2CCOC2)cc(N2CCC(c3[nH]ncc3C)CC2)n1. The van der Waals surface area contributed by atoms with Crippen molar-refractivity contribution in [1.29, 1.82) is 0 Å². The minimum absolute atomic E-state index is 0.373. The Hall–Kier alpha value is -1.99. The summed E-state index contributed by atoms with van der Waals surface area (Å²) in [7, 11) is 1.69. The van der Waals surface area contributed by atoms with E-state index in [0.29, 0.717) is 18.4 Å². The molecule has 4 heterocycles. The Morgan fingerprint density at radius 1 is 1.23 bits per heavy atom. The number of hydrogen-bond donors (Lipinski definition) is 1. The molecule has 0 saturated carbocycles. The maximum absolute atomic E-state index is 5.55. The van der Waals surface area contributed by atoms with Gasteiger partial charge in [-0.25, -0.2) is 9.97 Å². The summed E-state index contributed by atoms with van der Waals surface area (Å²) >= 11 is 0. The Morgan fingerprint density at radius 2 is 2.08 bits per heavy atom. The van der Waals surface area contributed by atoms with Gasteiger partial charge in [0, 0.05) is 50.4 Å². The van der Waals surface area contributed by atoms with E-state index in [9.17, 15) is 0 Å². The number of piperidine rings is 1. The van der Waals surface area contributed by atoms with Crippen LogP contribution >= 0.6 is 0 Å². The van der Waals surface area contributed by atoms with Crippen LogP contribution in [0.15, 0.2) is 12.3 Å². The van der Waals surface area contributed by atoms with Gasteiger partial charge in [0.2, 0.25) is 0 Å². The first-order valence-electron chi connectivity index (χ1n) is 9.44. The average molecular weight is 357 g/mol. The van der Waals surface area contributed by atoms with E-state index in [2.05, 4.69) is 28.1 Å². The Balaban J connectivity index is 1.51. The van der Waals surface area contributed by atoms with Crippen molar-refractivity contribution in [1.82, 2.24) is 20.2 Å². The third kappa shape index (κ3) is 3.59. The van der Waals surface area contributed by atoms with E-state index in [4.69, 9.17) is 19.4 Å². The van der Waals surface area contributed by atoms with Crippen molar-refractivity contribution in [3.8, 4) is 0 Å². The van der Waals surface area contributed by atoms with Gasteiger partial charge in [0.1, 0.15) is 12.4 Å². The molecule has 1 atom stereocenters. The minimum Gasteiger partial charge on any atom is -0.381 e. The third-order valence-corrected chi connectivity index (χ3v) is 5.50. The van der Waals surface area contributed by atoms with E-state index in [0.717, 1.165) is 62.9 Å². The normalized spacial score (nSPS) is 21.5. The highest BCUT2D eigenvalue weighted by Gasteiger charge is 2.26. The number of aryl methyl sites for hydroxylation is 1. The molecule has 0 aliphatic carbocycles. The lowest BCUT2D eigenvalue weighted by atomic mass is 9.91. The van der Waals surface area contributed by atoms with E-state index in [1.807, 2.05) is 6.20 Å². The van der Waals surface area contributed by atoms with Crippen LogP contribution in [0.1, 0.15) is 53.9 Å². The highest BCUT2D eigenvalue weighted by molar-refractivity contribution is 5.42. The highest BCUT2D eigenvalue weighted by Crippen LogP contribution is 2.32. The number of rotatable bonds is 5. The lowest BCUT2D eigenvalue weighted by molar-refractivity contribution is 0.177. The lowest BCUT2D eigenvalue weighted by Gasteiger charge is -2.33. The molecule has 0 radical (unpaired) electrons. The smallest absolute Gasteiger partial charge is 0.156 e. The molecule has 2 aliphatic heterocycles. The fourth-order valence-electron chi connectivity index (χ4n) is 4.00. The Morgan fingerprint density at radius 3 is 2.73 bits per heavy atom. The third-order valence-electron chi connectivity index (χ3n) is 5.50. The minimum atomic E-state index is 0.373. The predicted octanol–water partition coefficient (Wildman–Crippen LogP) is 2.54. The van der Waals surface area contributed by atoms with Crippen LogP contribution in [0.4, 0.5) is 5.82 Å². The fraction of sp³-hybridized carbons (Fsp3) is 0.632. The van der Waals surface area contributed by atoms with Crippen molar-refractivity contribution in [2.45, 2.75) is 44.6 Å². The van der Waals surface area contributed by atoms with Crippen molar-refractivity contribution < 1.29 is 9.47 Å². The molecule has 2 aromatic heterocycles. The number of aromatic amines is 1. The number of aromatic nitrogens is 4. The first-order valence-corrected chi connectivity index (χ1v) is 9.44. The summed E-state index contributed by atoms with van der Waals surface area (Å²) in [6, 6.07) is 2.15. The summed E-state index contributed by atoms with van der Waals surface area (Å²) in [6.07, 6.45) is 5.16. The Labute approximate surface area is 154 Å². The summed E-state index contributed by atoms with van der Waals surface area (Å²) in [6.45, 7) is 6.13. The molecule has 2 aliphatic rings. The molecule has 2 fully saturated rings. The topological polar surface area (TPSA) is 76.2 Å². The lowest BCUT2D eigenvalue weighted by Crippen LogP contribution is -2.34. The standard InChI is InChI=1S/C19H27N5O2/c1-13-10-20-23-19(13)14-3-6-24(7-4-14)18-9-16(15-5-8-26-11-15)21-17(22-18)12-25-2/h9-10,14-15H,3-8,11-12H2,1-2H3,(H,20,23)/t15-/m0/s1. The van der Waals surface area contributed by atoms with Gasteiger partial charge in [-0.1, -0.05) is 0 Å². The molecular weight excluding hydrogens is 330 g/mol. The molecular formula is C19H27N5O2. The maximum atomic E-state index is 5.55. The zero-order chi connectivity index (χ0) is 17.9. The monoisotopic (exact) mass is 357 g/mol. The number of anilines is 1. The molecule has 0 aromatic carbocycles. The summed E-state index contributed by atoms with van der Waals surface area (Å²) in [5.41, 5.74) is 3.64. The van der Waals surface area contributed by atoms with Crippen LogP contribution in [0.25, 0.3) is 0 Å². The van der Waals surface area contributed by atoms with Gasteiger partial charge in [0.15, 0.2) is 5.82 Å². The van der Waals surface area contributed by atoms with Crippen molar-refractivity contribution >= 4 is 5.82 Å². The largest absolute Gasteiger partial charge is 0.381 e. The number of methoxy groups -OCH3 is 1. The van der Waals surface area contributed by atoms with Crippen molar-refractivity contribution in [3.05, 3.63) is 35.0 Å². The number of nitrogens with zero attached hydrogens (tertiary/aromatic N) is 4. The van der Waals surface area contributed by atoms with Crippen LogP contribution in [0.2, 0.25) is 0 Å². The fourth-order valence-corrected chi connectivity index (χ4v) is 4.00. The van der Waals surface area contributed by atoms with Gasteiger partial charge in [-0.15, -0.1) is 0 Å². The van der Waals surface area contributed by atoms with Crippen molar-refractivity contribution in [2.24, 2.45) is 0 Å². The van der Waals surface area contributed by atoms with Gasteiger partial charge < -0.3 is 14.4 Å². The molecule has 0 spiro atoms. The molecule has 26 heavy (non-hydrogen) atoms. The van der Waals surface area contributed by atoms with Crippen LogP contribution in [-0.4, -0.2) is 53.6 Å². The molecule has 7 nitrogen and oxygen atoms in total. The van der Waals surface area contributed by atoms with Gasteiger partial charge in [-0.2, -0.15) is 5.10 Å². The van der Waals surface area contributed by atoms with E-state index in [1.165, 1.54) is 11.3 Å². The average Bonchev–Trinajstić information content (AvgIpc) is 3.34. The molecule has 7 heteroatoms. The molecule has 0 unspecified atom stereocenters. The Kier molecular flexibility index (Phi) is 5.17. The zero-order valence-electron chi connectivity index (χ0n) is 15.6. The van der Waals surface area contributed by atoms with Gasteiger partial charge in [-0.3, -0.25) is 5.10 Å². The number of H-pyrrole nitrogens is 1. The van der Waals surface area contributed by atoms with Crippen LogP contribution in [0.5, 0.6) is 0 Å². The molecule has 140 valence electrons. The summed E-state index contributed by atoms with van der Waals surface area (Å²) < 4.78 is 10.8. The summed E-state index contributed by atoms with van der Waals surface area (Å²) in [5, 5.41) is 7.35. The van der Waals surface area contributed by atoms with Gasteiger partial charge in [-0.05, 0) is 31.7 Å². The van der Waals surface area contributed by atoms with Crippen molar-refractivity contribution in [2.75, 3.05) is 38.3 Å². The van der Waals surface area contributed by atoms with Gasteiger partial charge in [0.25, 0.3) is 0 Å². The van der Waals surface area contributed by atoms with Crippen LogP contribution in [-0.2, 0) is 16.1 Å². The van der Waals surface area contributed by atoms with Crippen LogP contribution < -0.4 is 4.90 Å². The Bertz CT molecular complexity index is 733. The van der Waals surface area contributed by atoms with E-state index in [1.54, 1.807) is 7.11 Å².